The number of methoxy groups -OCH3 is 1. The minimum absolute atomic E-state index is 0.516. The first-order chi connectivity index (χ1) is 11.1. The molecule has 7 heteroatoms. The first-order valence-electron chi connectivity index (χ1n) is 8.34. The van der Waals surface area contributed by atoms with Crippen molar-refractivity contribution in [3.05, 3.63) is 24.0 Å². The van der Waals surface area contributed by atoms with Gasteiger partial charge in [-0.25, -0.2) is 0 Å². The van der Waals surface area contributed by atoms with Crippen molar-refractivity contribution in [1.29, 1.82) is 0 Å². The van der Waals surface area contributed by atoms with Gasteiger partial charge in [-0.15, -0.1) is 0 Å². The molecule has 3 unspecified atom stereocenters. The zero-order valence-corrected chi connectivity index (χ0v) is 16.3. The van der Waals surface area contributed by atoms with Crippen LogP contribution in [0.1, 0.15) is 19.3 Å². The average Bonchev–Trinajstić information content (AvgIpc) is 3.20. The number of alkyl halides is 4. The maximum absolute atomic E-state index is 14.9. The molecule has 0 amide bonds. The molecule has 0 aromatic carbocycles. The summed E-state index contributed by atoms with van der Waals surface area (Å²) in [6, 6.07) is 0. The first kappa shape index (κ1) is 17.4. The molecular weight excluding hydrogens is 410 g/mol. The number of likely N-dealkylation sites (tertiary alicyclic amines) is 1. The normalized spacial score (nSPS) is 33.7. The van der Waals surface area contributed by atoms with Gasteiger partial charge in [0.25, 0.3) is 0 Å². The van der Waals surface area contributed by atoms with Crippen molar-refractivity contribution in [3.63, 3.8) is 0 Å². The van der Waals surface area contributed by atoms with Crippen LogP contribution in [0.2, 0.25) is 0 Å². The first-order valence-corrected chi connectivity index (χ1v) is 12.6. The molecule has 0 spiro atoms. The third-order valence-electron chi connectivity index (χ3n) is 5.06. The summed E-state index contributed by atoms with van der Waals surface area (Å²) >= 11 is -1.27. The Hall–Kier alpha value is -0.380. The van der Waals surface area contributed by atoms with Crippen LogP contribution < -0.4 is 10.7 Å². The monoisotopic (exact) mass is 439 g/mol. The molecule has 2 N–H and O–H groups in total. The van der Waals surface area contributed by atoms with Crippen LogP contribution in [0.5, 0.6) is 0 Å². The minimum atomic E-state index is -1.27. The molecule has 0 aromatic rings. The van der Waals surface area contributed by atoms with Crippen LogP contribution in [0.4, 0.5) is 4.39 Å². The fourth-order valence-electron chi connectivity index (χ4n) is 3.67. The van der Waals surface area contributed by atoms with Crippen LogP contribution >= 0.6 is 19.8 Å². The molecule has 0 bridgehead atoms. The zero-order chi connectivity index (χ0) is 16.3. The molecule has 3 aliphatic rings. The van der Waals surface area contributed by atoms with Crippen molar-refractivity contribution in [3.8, 4) is 0 Å². The van der Waals surface area contributed by atoms with Crippen LogP contribution in [-0.4, -0.2) is 62.8 Å². The summed E-state index contributed by atoms with van der Waals surface area (Å²) in [6.45, 7) is 2.40. The molecule has 132 valence electrons. The van der Waals surface area contributed by atoms with Crippen molar-refractivity contribution in [2.24, 2.45) is 0 Å². The summed E-state index contributed by atoms with van der Waals surface area (Å²) in [5, 5.41) is 5.54. The number of allylic oxidation sites excluding steroid dienone is 1. The quantitative estimate of drug-likeness (QED) is 0.288. The van der Waals surface area contributed by atoms with Gasteiger partial charge in [0.1, 0.15) is 0 Å². The molecule has 2 saturated heterocycles. The summed E-state index contributed by atoms with van der Waals surface area (Å²) in [4.78, 5) is 0. The van der Waals surface area contributed by atoms with E-state index in [2.05, 4.69) is 41.2 Å². The molecule has 3 aliphatic heterocycles. The summed E-state index contributed by atoms with van der Waals surface area (Å²) in [6.07, 6.45) is 8.47. The van der Waals surface area contributed by atoms with Crippen molar-refractivity contribution >= 4 is 19.8 Å². The number of rotatable bonds is 6. The van der Waals surface area contributed by atoms with E-state index in [0.29, 0.717) is 21.6 Å². The number of hydrogen-bond acceptors (Lipinski definition) is 4. The number of quaternary nitrogens is 1. The molecular formula is C16H29FIN4O+. The molecule has 0 aromatic heterocycles. The standard InChI is InChI=1S/C16H29FIN4O/c1-22(15(17)7-10-23-2)9-4-6-16(22)18-12-20-21(13-18)14-5-3-8-19-11-14/h3,5,11,15-16,19-20H,4,6-10,12-13H2,1-2H3/q+1. The Bertz CT molecular complexity index is 475. The summed E-state index contributed by atoms with van der Waals surface area (Å²) < 4.78 is 23.3. The van der Waals surface area contributed by atoms with Gasteiger partial charge in [-0.05, 0) is 0 Å². The van der Waals surface area contributed by atoms with E-state index in [9.17, 15) is 4.39 Å². The topological polar surface area (TPSA) is 36.5 Å². The Kier molecular flexibility index (Phi) is 5.82. The van der Waals surface area contributed by atoms with Crippen molar-refractivity contribution in [2.75, 3.05) is 43.0 Å². The zero-order valence-electron chi connectivity index (χ0n) is 14.1. The van der Waals surface area contributed by atoms with Gasteiger partial charge in [0.15, 0.2) is 0 Å². The second-order valence-electron chi connectivity index (χ2n) is 6.58. The average molecular weight is 439 g/mol. The van der Waals surface area contributed by atoms with Crippen molar-refractivity contribution in [2.45, 2.75) is 29.6 Å². The molecule has 0 saturated carbocycles. The van der Waals surface area contributed by atoms with Crippen LogP contribution in [0, 0.1) is 0 Å². The molecule has 2 fully saturated rings. The Labute approximate surface area is 145 Å². The van der Waals surface area contributed by atoms with E-state index in [4.69, 9.17) is 4.74 Å². The summed E-state index contributed by atoms with van der Waals surface area (Å²) in [5.74, 6) is 0. The van der Waals surface area contributed by atoms with Crippen molar-refractivity contribution < 1.29 is 13.6 Å². The fraction of sp³-hybridized carbons (Fsp3) is 0.750. The number of dihydropyridines is 1. The van der Waals surface area contributed by atoms with Gasteiger partial charge < -0.3 is 0 Å². The number of nitrogens with one attached hydrogen (secondary N) is 2. The number of hydrogen-bond donors (Lipinski definition) is 2. The molecule has 0 radical (unpaired) electrons. The van der Waals surface area contributed by atoms with Gasteiger partial charge in [-0.1, -0.05) is 0 Å². The molecule has 5 nitrogen and oxygen atoms in total. The van der Waals surface area contributed by atoms with Gasteiger partial charge in [0.2, 0.25) is 0 Å². The Morgan fingerprint density at radius 1 is 1.57 bits per heavy atom. The van der Waals surface area contributed by atoms with E-state index in [-0.39, 0.29) is 0 Å². The van der Waals surface area contributed by atoms with Crippen LogP contribution in [-0.2, 0) is 4.74 Å². The van der Waals surface area contributed by atoms with Gasteiger partial charge in [0.05, 0.1) is 0 Å². The van der Waals surface area contributed by atoms with Crippen LogP contribution in [0.15, 0.2) is 24.0 Å². The van der Waals surface area contributed by atoms with Crippen LogP contribution in [0.25, 0.3) is 0 Å². The fourth-order valence-corrected chi connectivity index (χ4v) is 11.0. The van der Waals surface area contributed by atoms with E-state index in [1.165, 1.54) is 12.1 Å². The predicted octanol–water partition coefficient (Wildman–Crippen LogP) is 2.13. The SMILES string of the molecule is COCCC(F)[N+]1(C)CCCC1I1CNN(C2=CNCC=C2)C1. The third kappa shape index (κ3) is 3.67. The number of halogens is 2. The molecule has 3 rings (SSSR count). The predicted molar refractivity (Wildman–Crippen MR) is 99.4 cm³/mol. The second kappa shape index (κ2) is 7.67. The third-order valence-corrected chi connectivity index (χ3v) is 11.9. The Morgan fingerprint density at radius 2 is 2.43 bits per heavy atom. The molecule has 23 heavy (non-hydrogen) atoms. The second-order valence-corrected chi connectivity index (χ2v) is 12.3. The summed E-state index contributed by atoms with van der Waals surface area (Å²) in [7, 11) is 3.79. The Morgan fingerprint density at radius 3 is 3.17 bits per heavy atom. The van der Waals surface area contributed by atoms with E-state index in [0.717, 1.165) is 28.6 Å². The molecule has 0 aliphatic carbocycles. The van der Waals surface area contributed by atoms with E-state index in [1.807, 2.05) is 0 Å². The van der Waals surface area contributed by atoms with Gasteiger partial charge in [-0.3, -0.25) is 0 Å². The molecule has 3 heterocycles. The number of hydrazine groups is 1. The van der Waals surface area contributed by atoms with E-state index in [1.54, 1.807) is 7.11 Å². The molecule has 3 atom stereocenters. The summed E-state index contributed by atoms with van der Waals surface area (Å²) in [5.41, 5.74) is 4.77. The maximum atomic E-state index is 14.9. The number of ether oxygens (including phenoxy) is 1. The van der Waals surface area contributed by atoms with Gasteiger partial charge >= 0.3 is 146 Å². The van der Waals surface area contributed by atoms with E-state index < -0.39 is 26.1 Å². The van der Waals surface area contributed by atoms with Gasteiger partial charge in [0, 0.05) is 0 Å². The van der Waals surface area contributed by atoms with Gasteiger partial charge in [-0.2, -0.15) is 0 Å². The number of nitrogens with zero attached hydrogens (tertiary/aromatic N) is 2. The van der Waals surface area contributed by atoms with Crippen molar-refractivity contribution in [1.82, 2.24) is 15.8 Å². The van der Waals surface area contributed by atoms with E-state index >= 15 is 0 Å². The Balaban J connectivity index is 1.64. The van der Waals surface area contributed by atoms with Crippen LogP contribution in [0.3, 0.4) is 0 Å².